The van der Waals surface area contributed by atoms with Crippen molar-refractivity contribution in [2.24, 2.45) is 20.0 Å². The van der Waals surface area contributed by atoms with Crippen LogP contribution in [-0.4, -0.2) is 132 Å². The maximum atomic E-state index is 13.0. The molecule has 8 aliphatic heterocycles. The zero-order valence-electron chi connectivity index (χ0n) is 65.4. The molecule has 12 heterocycles. The maximum absolute atomic E-state index is 13.0. The van der Waals surface area contributed by atoms with E-state index in [-0.39, 0.29) is 56.6 Å². The number of fused-ring (bicyclic) bond motifs is 4. The second kappa shape index (κ2) is 41.1. The van der Waals surface area contributed by atoms with E-state index < -0.39 is 10.2 Å². The van der Waals surface area contributed by atoms with Gasteiger partial charge >= 0.3 is 33.6 Å². The monoisotopic (exact) mass is 1670 g/mol. The van der Waals surface area contributed by atoms with Gasteiger partial charge in [0.1, 0.15) is 0 Å². The molecule has 0 saturated heterocycles. The number of aliphatic imine (C=N–C) groups is 4. The molecule has 0 fully saturated rings. The Labute approximate surface area is 703 Å². The summed E-state index contributed by atoms with van der Waals surface area (Å²) in [6, 6.07) is 47.8. The molecule has 8 aromatic carbocycles. The van der Waals surface area contributed by atoms with E-state index in [4.69, 9.17) is 40.9 Å². The molecule has 28 heteroatoms. The molecule has 608 valence electrons. The minimum atomic E-state index is -1.75. The Morgan fingerprint density at radius 2 is 0.500 bits per heavy atom. The van der Waals surface area contributed by atoms with Crippen LogP contribution in [0.5, 0.6) is 23.0 Å². The smallest absolute Gasteiger partial charge is 0.872 e. The van der Waals surface area contributed by atoms with Crippen LogP contribution >= 0.6 is 0 Å². The third kappa shape index (κ3) is 19.7. The molecule has 0 radical (unpaired) electrons. The molecule has 20 rings (SSSR count). The van der Waals surface area contributed by atoms with E-state index in [1.54, 1.807) is 49.6 Å². The summed E-state index contributed by atoms with van der Waals surface area (Å²) in [7, 11) is 2.00. The Kier molecular flexibility index (Phi) is 30.2. The number of aliphatic hydroxyl groups excluding tert-OH is 2. The van der Waals surface area contributed by atoms with E-state index in [0.29, 0.717) is 22.3 Å². The first-order chi connectivity index (χ1) is 56.7. The summed E-state index contributed by atoms with van der Waals surface area (Å²) in [6.45, 7) is 8.62. The van der Waals surface area contributed by atoms with Gasteiger partial charge < -0.3 is 80.9 Å². The van der Waals surface area contributed by atoms with Crippen molar-refractivity contribution in [3.8, 4) is 23.0 Å². The second-order valence-corrected chi connectivity index (χ2v) is 28.8. The van der Waals surface area contributed by atoms with Crippen molar-refractivity contribution in [1.29, 1.82) is 0 Å². The van der Waals surface area contributed by atoms with Gasteiger partial charge in [-0.15, -0.1) is 0 Å². The molecule has 118 heavy (non-hydrogen) atoms. The van der Waals surface area contributed by atoms with Crippen molar-refractivity contribution in [3.63, 3.8) is 0 Å². The third-order valence-corrected chi connectivity index (χ3v) is 21.8. The average Bonchev–Trinajstić information content (AvgIpc) is 0.774. The minimum Gasteiger partial charge on any atom is -0.872 e. The van der Waals surface area contributed by atoms with Crippen molar-refractivity contribution in [3.05, 3.63) is 268 Å². The molecule has 0 aliphatic carbocycles. The van der Waals surface area contributed by atoms with Crippen molar-refractivity contribution < 1.29 is 74.4 Å². The predicted octanol–water partition coefficient (Wildman–Crippen LogP) is 13.8. The van der Waals surface area contributed by atoms with Crippen LogP contribution in [0.4, 0.5) is 45.5 Å². The number of aliphatic hydroxyl groups is 2. The van der Waals surface area contributed by atoms with Gasteiger partial charge in [-0.25, -0.2) is 0 Å². The number of pyridine rings is 4. The number of anilines is 4. The van der Waals surface area contributed by atoms with E-state index in [9.17, 15) is 20.4 Å². The number of nitrogens with zero attached hydrogens (tertiary/aromatic N) is 14. The molecule has 12 aromatic rings. The second-order valence-electron chi connectivity index (χ2n) is 28.8. The Morgan fingerprint density at radius 3 is 0.703 bits per heavy atom. The Balaban J connectivity index is 0.000000147. The summed E-state index contributed by atoms with van der Waals surface area (Å²) >= 11 is 0. The SMILES string of the molecule is CO.CO.O=[N+]([O-])[O-].O=[N+]([O-])[O-].[Co+3].[Co+3].[O-]c1c(C=Nc2cccc3cccnc23)cc2c3c1CCCN3CCC2.[O-]c1c(C=Nc2cccc3cccnc23)cc2c3c1CCCN3CCC2.[O-]c1c(C=Nc2cccc3cccnc23)cc2c3c1CCCN3CCC2.[O-]c1c(C=Nc2cccc3cccnc23)cc2c3c1CCCN3CCC2. The van der Waals surface area contributed by atoms with Crippen LogP contribution in [0, 0.1) is 30.6 Å². The van der Waals surface area contributed by atoms with E-state index in [1.807, 2.05) is 121 Å². The number of hydrogen-bond acceptors (Lipinski definition) is 24. The normalized spacial score (nSPS) is 14.8. The predicted molar refractivity (Wildman–Crippen MR) is 452 cm³/mol. The van der Waals surface area contributed by atoms with E-state index in [2.05, 4.69) is 83.8 Å². The molecular weight excluding hydrogens is 1590 g/mol. The summed E-state index contributed by atoms with van der Waals surface area (Å²) in [5.41, 5.74) is 23.6. The summed E-state index contributed by atoms with van der Waals surface area (Å²) in [5, 5.41) is 99.7. The largest absolute Gasteiger partial charge is 3.00 e. The third-order valence-electron chi connectivity index (χ3n) is 21.8. The molecule has 0 unspecified atom stereocenters. The zero-order valence-corrected chi connectivity index (χ0v) is 67.4. The van der Waals surface area contributed by atoms with Crippen molar-refractivity contribution >= 4 is 114 Å². The summed E-state index contributed by atoms with van der Waals surface area (Å²) in [4.78, 5) is 62.4. The number of aromatic nitrogens is 4. The molecule has 0 bridgehead atoms. The number of benzene rings is 8. The number of rotatable bonds is 8. The first-order valence-corrected chi connectivity index (χ1v) is 39.2. The van der Waals surface area contributed by atoms with Crippen molar-refractivity contribution in [2.75, 3.05) is 86.2 Å². The van der Waals surface area contributed by atoms with Gasteiger partial charge in [0.05, 0.1) is 55.0 Å². The molecule has 2 N–H and O–H groups in total. The number of hydrogen-bond donors (Lipinski definition) is 2. The summed E-state index contributed by atoms with van der Waals surface area (Å²) < 4.78 is 0. The average molecular weight is 1680 g/mol. The van der Waals surface area contributed by atoms with Crippen LogP contribution < -0.4 is 40.0 Å². The molecular formula is C90H88Co2N14O12. The van der Waals surface area contributed by atoms with Gasteiger partial charge in [0, 0.05) is 161 Å². The Hall–Kier alpha value is -12.2. The zero-order chi connectivity index (χ0) is 81.2. The van der Waals surface area contributed by atoms with Crippen LogP contribution in [0.15, 0.2) is 190 Å². The fraction of sp³-hybridized carbons (Fsp3) is 0.289. The topological polar surface area (TPSA) is 379 Å². The quantitative estimate of drug-likeness (QED) is 0.0810. The fourth-order valence-electron chi connectivity index (χ4n) is 17.1. The Bertz CT molecular complexity index is 5000. The molecule has 4 aromatic heterocycles. The maximum Gasteiger partial charge on any atom is 3.00 e. The molecule has 0 spiro atoms. The van der Waals surface area contributed by atoms with Gasteiger partial charge in [0.25, 0.3) is 0 Å². The van der Waals surface area contributed by atoms with Crippen LogP contribution in [-0.2, 0) is 84.9 Å². The van der Waals surface area contributed by atoms with E-state index in [0.717, 1.165) is 258 Å². The van der Waals surface area contributed by atoms with Gasteiger partial charge in [-0.05, 0) is 242 Å². The first-order valence-electron chi connectivity index (χ1n) is 39.2. The van der Waals surface area contributed by atoms with Crippen LogP contribution in [0.1, 0.15) is 118 Å². The van der Waals surface area contributed by atoms with Crippen LogP contribution in [0.3, 0.4) is 0 Å². The van der Waals surface area contributed by atoms with Crippen LogP contribution in [0.25, 0.3) is 43.6 Å². The number of para-hydroxylation sites is 4. The first kappa shape index (κ1) is 86.7. The molecule has 0 atom stereocenters. The summed E-state index contributed by atoms with van der Waals surface area (Å²) in [6.07, 6.45) is 30.7. The van der Waals surface area contributed by atoms with Gasteiger partial charge in [-0.3, -0.25) is 39.9 Å². The van der Waals surface area contributed by atoms with Gasteiger partial charge in [-0.2, -0.15) is 0 Å². The van der Waals surface area contributed by atoms with Gasteiger partial charge in [0.2, 0.25) is 0 Å². The van der Waals surface area contributed by atoms with Crippen molar-refractivity contribution in [2.45, 2.75) is 103 Å². The summed E-state index contributed by atoms with van der Waals surface area (Å²) in [5.74, 6) is 0.583. The standard InChI is InChI=1S/4C22H21N3O.2CH4O.2Co.2NO3/c4*26-22-17(13-16-7-3-11-25-12-4-8-18(22)21(16)25)14-24-19-9-1-5-15-6-2-10-23-20(15)19;2*1-2;;;2*2-1(3)4/h4*1-2,5-6,9-10,13-14,26H,3-4,7-8,11-12H2;2*2H,1H3;;;;/q;;;;;;2*+3;2*-1/p-4. The Morgan fingerprint density at radius 1 is 0.314 bits per heavy atom. The van der Waals surface area contributed by atoms with Crippen LogP contribution in [0.2, 0.25) is 0 Å². The van der Waals surface area contributed by atoms with Gasteiger partial charge in [-0.1, -0.05) is 95.8 Å². The van der Waals surface area contributed by atoms with E-state index in [1.165, 1.54) is 45.0 Å². The molecule has 8 aliphatic rings. The number of aryl methyl sites for hydroxylation is 4. The minimum absolute atomic E-state index is 0. The van der Waals surface area contributed by atoms with Gasteiger partial charge in [0.15, 0.2) is 0 Å². The fourth-order valence-corrected chi connectivity index (χ4v) is 17.1. The molecule has 0 saturated carbocycles. The molecule has 26 nitrogen and oxygen atoms in total. The molecule has 0 amide bonds. The van der Waals surface area contributed by atoms with E-state index >= 15 is 0 Å². The van der Waals surface area contributed by atoms with Crippen molar-refractivity contribution in [1.82, 2.24) is 19.9 Å².